The summed E-state index contributed by atoms with van der Waals surface area (Å²) in [7, 11) is 0. The summed E-state index contributed by atoms with van der Waals surface area (Å²) in [4.78, 5) is 14.6. The van der Waals surface area contributed by atoms with Crippen LogP contribution in [0.5, 0.6) is 0 Å². The van der Waals surface area contributed by atoms with Crippen molar-refractivity contribution in [1.82, 2.24) is 4.90 Å². The molecule has 0 aromatic rings. The van der Waals surface area contributed by atoms with Crippen molar-refractivity contribution in [1.29, 1.82) is 0 Å². The first-order valence-corrected chi connectivity index (χ1v) is 8.11. The molecule has 1 aliphatic heterocycles. The van der Waals surface area contributed by atoms with Gasteiger partial charge in [0.05, 0.1) is 0 Å². The van der Waals surface area contributed by atoms with Gasteiger partial charge in [0.15, 0.2) is 0 Å². The molecule has 2 unspecified atom stereocenters. The second kappa shape index (κ2) is 6.74. The van der Waals surface area contributed by atoms with Crippen LogP contribution in [0, 0.1) is 17.8 Å². The first-order chi connectivity index (χ1) is 9.11. The van der Waals surface area contributed by atoms with Crippen LogP contribution in [0.4, 0.5) is 0 Å². The lowest BCUT2D eigenvalue weighted by atomic mass is 9.80. The van der Waals surface area contributed by atoms with Crippen molar-refractivity contribution in [3.63, 3.8) is 0 Å². The Kier molecular flexibility index (Phi) is 5.26. The van der Waals surface area contributed by atoms with Crippen molar-refractivity contribution in [2.24, 2.45) is 23.5 Å². The van der Waals surface area contributed by atoms with Gasteiger partial charge in [-0.3, -0.25) is 4.79 Å². The van der Waals surface area contributed by atoms with E-state index in [0.29, 0.717) is 29.7 Å². The zero-order valence-electron chi connectivity index (χ0n) is 12.6. The minimum absolute atomic E-state index is 0.398. The molecule has 2 rings (SSSR count). The maximum absolute atomic E-state index is 12.5. The van der Waals surface area contributed by atoms with Crippen LogP contribution in [-0.2, 0) is 4.79 Å². The van der Waals surface area contributed by atoms with Gasteiger partial charge in [-0.05, 0) is 69.7 Å². The van der Waals surface area contributed by atoms with Gasteiger partial charge in [0.2, 0.25) is 5.91 Å². The van der Waals surface area contributed by atoms with Gasteiger partial charge in [-0.25, -0.2) is 0 Å². The Morgan fingerprint density at radius 2 is 1.74 bits per heavy atom. The molecule has 19 heavy (non-hydrogen) atoms. The molecule has 3 heteroatoms. The van der Waals surface area contributed by atoms with E-state index in [4.69, 9.17) is 5.73 Å². The third-order valence-corrected chi connectivity index (χ3v) is 5.46. The zero-order chi connectivity index (χ0) is 13.8. The molecule has 2 atom stereocenters. The molecule has 0 aromatic carbocycles. The molecule has 2 aliphatic rings. The third kappa shape index (κ3) is 3.71. The third-order valence-electron chi connectivity index (χ3n) is 5.46. The van der Waals surface area contributed by atoms with Gasteiger partial charge in [0.25, 0.3) is 0 Å². The number of hydrogen-bond acceptors (Lipinski definition) is 2. The van der Waals surface area contributed by atoms with Crippen LogP contribution >= 0.6 is 0 Å². The van der Waals surface area contributed by atoms with Gasteiger partial charge in [0, 0.05) is 19.0 Å². The van der Waals surface area contributed by atoms with E-state index in [1.54, 1.807) is 0 Å². The average molecular weight is 266 g/mol. The van der Waals surface area contributed by atoms with Gasteiger partial charge in [0.1, 0.15) is 0 Å². The van der Waals surface area contributed by atoms with Crippen LogP contribution in [0.25, 0.3) is 0 Å². The van der Waals surface area contributed by atoms with Crippen molar-refractivity contribution < 1.29 is 4.79 Å². The number of nitrogens with zero attached hydrogens (tertiary/aromatic N) is 1. The number of piperidine rings is 1. The fourth-order valence-corrected chi connectivity index (χ4v) is 3.72. The minimum atomic E-state index is 0.398. The van der Waals surface area contributed by atoms with Crippen LogP contribution < -0.4 is 5.73 Å². The van der Waals surface area contributed by atoms with Gasteiger partial charge < -0.3 is 10.6 Å². The van der Waals surface area contributed by atoms with Gasteiger partial charge >= 0.3 is 0 Å². The normalized spacial score (nSPS) is 36.3. The largest absolute Gasteiger partial charge is 0.340 e. The zero-order valence-corrected chi connectivity index (χ0v) is 12.6. The Labute approximate surface area is 117 Å². The topological polar surface area (TPSA) is 46.3 Å². The molecular formula is C16H30N2O. The molecule has 110 valence electrons. The highest BCUT2D eigenvalue weighted by Crippen LogP contribution is 2.32. The van der Waals surface area contributed by atoms with E-state index in [-0.39, 0.29) is 0 Å². The van der Waals surface area contributed by atoms with Crippen LogP contribution in [0.15, 0.2) is 0 Å². The maximum atomic E-state index is 12.5. The highest BCUT2D eigenvalue weighted by atomic mass is 16.2. The first kappa shape index (κ1) is 14.8. The molecule has 1 saturated carbocycles. The smallest absolute Gasteiger partial charge is 0.223 e. The number of rotatable bonds is 3. The van der Waals surface area contributed by atoms with Crippen LogP contribution in [0.1, 0.15) is 58.8 Å². The number of hydrogen-bond donors (Lipinski definition) is 1. The fourth-order valence-electron chi connectivity index (χ4n) is 3.72. The first-order valence-electron chi connectivity index (χ1n) is 8.11. The quantitative estimate of drug-likeness (QED) is 0.854. The average Bonchev–Trinajstić information content (AvgIpc) is 2.42. The van der Waals surface area contributed by atoms with E-state index in [1.807, 2.05) is 0 Å². The van der Waals surface area contributed by atoms with E-state index in [1.165, 1.54) is 38.5 Å². The fraction of sp³-hybridized carbons (Fsp3) is 0.938. The Bertz CT molecular complexity index is 297. The number of amides is 1. The molecule has 0 bridgehead atoms. The lowest BCUT2D eigenvalue weighted by Crippen LogP contribution is -2.46. The Balaban J connectivity index is 1.81. The summed E-state index contributed by atoms with van der Waals surface area (Å²) in [6, 6.07) is 0.432. The van der Waals surface area contributed by atoms with Crippen molar-refractivity contribution in [2.45, 2.75) is 64.8 Å². The Hall–Kier alpha value is -0.570. The van der Waals surface area contributed by atoms with E-state index in [0.717, 1.165) is 19.5 Å². The summed E-state index contributed by atoms with van der Waals surface area (Å²) < 4.78 is 0. The molecule has 2 fully saturated rings. The second-order valence-electron chi connectivity index (χ2n) is 6.77. The lowest BCUT2D eigenvalue weighted by Gasteiger charge is -2.39. The molecule has 0 spiro atoms. The van der Waals surface area contributed by atoms with Gasteiger partial charge in [-0.2, -0.15) is 0 Å². The van der Waals surface area contributed by atoms with Crippen molar-refractivity contribution in [3.05, 3.63) is 0 Å². The maximum Gasteiger partial charge on any atom is 0.223 e. The molecule has 1 amide bonds. The molecule has 1 heterocycles. The summed E-state index contributed by atoms with van der Waals surface area (Å²) in [5, 5.41) is 0. The number of carbonyl (C=O) groups is 1. The molecule has 1 aliphatic carbocycles. The number of likely N-dealkylation sites (tertiary alicyclic amines) is 1. The summed E-state index contributed by atoms with van der Waals surface area (Å²) >= 11 is 0. The predicted octanol–water partition coefficient (Wildman–Crippen LogP) is 2.79. The van der Waals surface area contributed by atoms with Crippen LogP contribution in [-0.4, -0.2) is 29.9 Å². The monoisotopic (exact) mass is 266 g/mol. The summed E-state index contributed by atoms with van der Waals surface area (Å²) in [5.41, 5.74) is 5.73. The molecule has 0 radical (unpaired) electrons. The van der Waals surface area contributed by atoms with Crippen LogP contribution in [0.3, 0.4) is 0 Å². The van der Waals surface area contributed by atoms with Gasteiger partial charge in [-0.1, -0.05) is 6.92 Å². The molecular weight excluding hydrogens is 236 g/mol. The Morgan fingerprint density at radius 1 is 1.11 bits per heavy atom. The SMILES string of the molecule is CC1CCCN(C(=O)CC2CCC(CN)CC2)C1C. The lowest BCUT2D eigenvalue weighted by molar-refractivity contribution is -0.137. The van der Waals surface area contributed by atoms with E-state index >= 15 is 0 Å². The van der Waals surface area contributed by atoms with E-state index in [9.17, 15) is 4.79 Å². The molecule has 2 N–H and O–H groups in total. The van der Waals surface area contributed by atoms with Crippen molar-refractivity contribution >= 4 is 5.91 Å². The van der Waals surface area contributed by atoms with E-state index < -0.39 is 0 Å². The predicted molar refractivity (Wildman–Crippen MR) is 78.7 cm³/mol. The summed E-state index contributed by atoms with van der Waals surface area (Å²) in [6.45, 7) is 6.29. The van der Waals surface area contributed by atoms with E-state index in [2.05, 4.69) is 18.7 Å². The highest BCUT2D eigenvalue weighted by Gasteiger charge is 2.30. The van der Waals surface area contributed by atoms with Gasteiger partial charge in [-0.15, -0.1) is 0 Å². The second-order valence-corrected chi connectivity index (χ2v) is 6.77. The molecule has 3 nitrogen and oxygen atoms in total. The molecule has 1 saturated heterocycles. The summed E-state index contributed by atoms with van der Waals surface area (Å²) in [5.74, 6) is 2.38. The minimum Gasteiger partial charge on any atom is -0.340 e. The van der Waals surface area contributed by atoms with Crippen molar-refractivity contribution in [3.8, 4) is 0 Å². The number of carbonyl (C=O) groups excluding carboxylic acids is 1. The molecule has 0 aromatic heterocycles. The number of nitrogens with two attached hydrogens (primary N) is 1. The Morgan fingerprint density at radius 3 is 2.37 bits per heavy atom. The standard InChI is InChI=1S/C16H30N2O/c1-12-4-3-9-18(13(12)2)16(19)10-14-5-7-15(11-17)8-6-14/h12-15H,3-11,17H2,1-2H3. The van der Waals surface area contributed by atoms with Crippen molar-refractivity contribution in [2.75, 3.05) is 13.1 Å². The highest BCUT2D eigenvalue weighted by molar-refractivity contribution is 5.76. The summed E-state index contributed by atoms with van der Waals surface area (Å²) in [6.07, 6.45) is 8.07. The van der Waals surface area contributed by atoms with Crippen LogP contribution in [0.2, 0.25) is 0 Å².